The number of nitrogens with zero attached hydrogens (tertiary/aromatic N) is 1. The van der Waals surface area contributed by atoms with E-state index in [1.54, 1.807) is 20.0 Å². The van der Waals surface area contributed by atoms with Gasteiger partial charge in [-0.1, -0.05) is 23.2 Å². The average molecular weight is 282 g/mol. The van der Waals surface area contributed by atoms with E-state index in [2.05, 4.69) is 0 Å². The SMILES string of the molecule is CC(O)CCN(C)C(=O)c1cc(Cl)sc1Cl. The monoisotopic (exact) mass is 281 g/mol. The van der Waals surface area contributed by atoms with Gasteiger partial charge in [-0.3, -0.25) is 4.79 Å². The molecule has 1 rings (SSSR count). The maximum absolute atomic E-state index is 11.9. The van der Waals surface area contributed by atoms with Gasteiger partial charge in [-0.05, 0) is 19.4 Å². The third-order valence-electron chi connectivity index (χ3n) is 2.12. The lowest BCUT2D eigenvalue weighted by Crippen LogP contribution is -2.29. The van der Waals surface area contributed by atoms with Crippen LogP contribution in [0.15, 0.2) is 6.07 Å². The van der Waals surface area contributed by atoms with E-state index >= 15 is 0 Å². The summed E-state index contributed by atoms with van der Waals surface area (Å²) >= 11 is 12.8. The molecule has 0 radical (unpaired) electrons. The number of hydrogen-bond acceptors (Lipinski definition) is 3. The molecule has 16 heavy (non-hydrogen) atoms. The molecule has 3 nitrogen and oxygen atoms in total. The minimum absolute atomic E-state index is 0.172. The molecule has 0 aliphatic carbocycles. The molecule has 0 aromatic carbocycles. The molecule has 1 heterocycles. The van der Waals surface area contributed by atoms with Crippen LogP contribution in [0.25, 0.3) is 0 Å². The third kappa shape index (κ3) is 3.63. The van der Waals surface area contributed by atoms with Gasteiger partial charge in [0, 0.05) is 13.6 Å². The second-order valence-corrected chi connectivity index (χ2v) is 5.89. The zero-order chi connectivity index (χ0) is 12.3. The number of aliphatic hydroxyl groups excluding tert-OH is 1. The van der Waals surface area contributed by atoms with Crippen LogP contribution in [-0.2, 0) is 0 Å². The number of carbonyl (C=O) groups is 1. The number of amides is 1. The summed E-state index contributed by atoms with van der Waals surface area (Å²) in [6.45, 7) is 2.17. The van der Waals surface area contributed by atoms with E-state index in [0.717, 1.165) is 0 Å². The van der Waals surface area contributed by atoms with E-state index in [1.807, 2.05) is 0 Å². The zero-order valence-corrected chi connectivity index (χ0v) is 11.4. The standard InChI is InChI=1S/C10H13Cl2NO2S/c1-6(14)3-4-13(2)10(15)7-5-8(11)16-9(7)12/h5-6,14H,3-4H2,1-2H3. The van der Waals surface area contributed by atoms with E-state index in [-0.39, 0.29) is 5.91 Å². The summed E-state index contributed by atoms with van der Waals surface area (Å²) < 4.78 is 0.899. The molecule has 1 unspecified atom stereocenters. The quantitative estimate of drug-likeness (QED) is 0.922. The van der Waals surface area contributed by atoms with Crippen LogP contribution >= 0.6 is 34.5 Å². The highest BCUT2D eigenvalue weighted by Crippen LogP contribution is 2.31. The smallest absolute Gasteiger partial charge is 0.256 e. The lowest BCUT2D eigenvalue weighted by Gasteiger charge is -2.17. The Labute approximate surface area is 109 Å². The van der Waals surface area contributed by atoms with Crippen LogP contribution in [0, 0.1) is 0 Å². The molecule has 6 heteroatoms. The van der Waals surface area contributed by atoms with Crippen LogP contribution in [0.5, 0.6) is 0 Å². The van der Waals surface area contributed by atoms with Gasteiger partial charge in [0.1, 0.15) is 4.34 Å². The first-order valence-electron chi connectivity index (χ1n) is 4.80. The highest BCUT2D eigenvalue weighted by atomic mass is 35.5. The number of aliphatic hydroxyl groups is 1. The summed E-state index contributed by atoms with van der Waals surface area (Å²) in [5.41, 5.74) is 0.421. The molecular weight excluding hydrogens is 269 g/mol. The van der Waals surface area contributed by atoms with Gasteiger partial charge in [-0.2, -0.15) is 0 Å². The van der Waals surface area contributed by atoms with Crippen molar-refractivity contribution in [2.45, 2.75) is 19.4 Å². The van der Waals surface area contributed by atoms with E-state index < -0.39 is 6.10 Å². The van der Waals surface area contributed by atoms with E-state index in [1.165, 1.54) is 16.2 Å². The molecule has 0 aliphatic rings. The second-order valence-electron chi connectivity index (χ2n) is 3.60. The van der Waals surface area contributed by atoms with Gasteiger partial charge in [-0.15, -0.1) is 11.3 Å². The number of thiophene rings is 1. The van der Waals surface area contributed by atoms with Crippen LogP contribution in [0.4, 0.5) is 0 Å². The van der Waals surface area contributed by atoms with Crippen molar-refractivity contribution in [3.8, 4) is 0 Å². The normalized spacial score (nSPS) is 12.6. The lowest BCUT2D eigenvalue weighted by atomic mass is 10.2. The summed E-state index contributed by atoms with van der Waals surface area (Å²) in [6, 6.07) is 1.57. The predicted octanol–water partition coefficient (Wildman–Crippen LogP) is 2.90. The molecule has 0 aliphatic heterocycles. The van der Waals surface area contributed by atoms with Gasteiger partial charge >= 0.3 is 0 Å². The van der Waals surface area contributed by atoms with Gasteiger partial charge in [-0.25, -0.2) is 0 Å². The van der Waals surface area contributed by atoms with Crippen LogP contribution in [0.2, 0.25) is 8.67 Å². The molecule has 1 aromatic heterocycles. The number of carbonyl (C=O) groups excluding carboxylic acids is 1. The Hall–Kier alpha value is -0.290. The van der Waals surface area contributed by atoms with Crippen molar-refractivity contribution < 1.29 is 9.90 Å². The molecule has 0 saturated carbocycles. The van der Waals surface area contributed by atoms with E-state index in [4.69, 9.17) is 28.3 Å². The molecule has 1 amide bonds. The van der Waals surface area contributed by atoms with E-state index in [0.29, 0.717) is 27.2 Å². The predicted molar refractivity (Wildman–Crippen MR) is 67.6 cm³/mol. The molecule has 0 fully saturated rings. The van der Waals surface area contributed by atoms with Crippen molar-refractivity contribution in [3.63, 3.8) is 0 Å². The van der Waals surface area contributed by atoms with Crippen LogP contribution in [0.1, 0.15) is 23.7 Å². The van der Waals surface area contributed by atoms with Crippen molar-refractivity contribution in [1.29, 1.82) is 0 Å². The summed E-state index contributed by atoms with van der Waals surface area (Å²) in [5.74, 6) is -0.172. The summed E-state index contributed by atoms with van der Waals surface area (Å²) in [5, 5.41) is 9.13. The second kappa shape index (κ2) is 5.87. The lowest BCUT2D eigenvalue weighted by molar-refractivity contribution is 0.0769. The Bertz CT molecular complexity index is 379. The van der Waals surface area contributed by atoms with Gasteiger partial charge in [0.05, 0.1) is 16.0 Å². The van der Waals surface area contributed by atoms with E-state index in [9.17, 15) is 4.79 Å². The fourth-order valence-corrected chi connectivity index (χ4v) is 2.62. The molecule has 1 N–H and O–H groups in total. The fourth-order valence-electron chi connectivity index (χ4n) is 1.17. The molecule has 90 valence electrons. The summed E-state index contributed by atoms with van der Waals surface area (Å²) in [7, 11) is 1.67. The first kappa shape index (κ1) is 13.8. The first-order valence-corrected chi connectivity index (χ1v) is 6.37. The Morgan fingerprint density at radius 1 is 1.62 bits per heavy atom. The van der Waals surface area contributed by atoms with Crippen LogP contribution in [-0.4, -0.2) is 35.6 Å². The zero-order valence-electron chi connectivity index (χ0n) is 9.04. The highest BCUT2D eigenvalue weighted by Gasteiger charge is 2.18. The Morgan fingerprint density at radius 3 is 2.69 bits per heavy atom. The van der Waals surface area contributed by atoms with Crippen molar-refractivity contribution in [3.05, 3.63) is 20.3 Å². The Balaban J connectivity index is 2.67. The maximum Gasteiger partial charge on any atom is 0.256 e. The van der Waals surface area contributed by atoms with Crippen molar-refractivity contribution >= 4 is 40.4 Å². The Kier molecular flexibility index (Phi) is 5.05. The molecule has 1 aromatic rings. The highest BCUT2D eigenvalue weighted by molar-refractivity contribution is 7.20. The van der Waals surface area contributed by atoms with Crippen molar-refractivity contribution in [2.75, 3.05) is 13.6 Å². The molecule has 0 bridgehead atoms. The molecule has 0 spiro atoms. The number of hydrogen-bond donors (Lipinski definition) is 1. The van der Waals surface area contributed by atoms with Crippen molar-refractivity contribution in [2.24, 2.45) is 0 Å². The third-order valence-corrected chi connectivity index (χ3v) is 3.60. The summed E-state index contributed by atoms with van der Waals surface area (Å²) in [6.07, 6.45) is 0.120. The average Bonchev–Trinajstić information content (AvgIpc) is 2.53. The maximum atomic E-state index is 11.9. The van der Waals surface area contributed by atoms with Crippen LogP contribution in [0.3, 0.4) is 0 Å². The molecule has 0 saturated heterocycles. The Morgan fingerprint density at radius 2 is 2.25 bits per heavy atom. The summed E-state index contributed by atoms with van der Waals surface area (Å²) in [4.78, 5) is 13.4. The van der Waals surface area contributed by atoms with Crippen molar-refractivity contribution in [1.82, 2.24) is 4.90 Å². The van der Waals surface area contributed by atoms with Gasteiger partial charge in [0.15, 0.2) is 0 Å². The minimum Gasteiger partial charge on any atom is -0.393 e. The number of rotatable bonds is 4. The van der Waals surface area contributed by atoms with Gasteiger partial charge in [0.2, 0.25) is 0 Å². The first-order chi connectivity index (χ1) is 7.41. The van der Waals surface area contributed by atoms with Gasteiger partial charge < -0.3 is 10.0 Å². The molecule has 1 atom stereocenters. The number of halogens is 2. The largest absolute Gasteiger partial charge is 0.393 e. The minimum atomic E-state index is -0.420. The topological polar surface area (TPSA) is 40.5 Å². The molecular formula is C10H13Cl2NO2S. The fraction of sp³-hybridized carbons (Fsp3) is 0.500. The van der Waals surface area contributed by atoms with Gasteiger partial charge in [0.25, 0.3) is 5.91 Å². The van der Waals surface area contributed by atoms with Crippen LogP contribution < -0.4 is 0 Å².